The lowest BCUT2D eigenvalue weighted by Crippen LogP contribution is -2.45. The molecule has 0 spiro atoms. The van der Waals surface area contributed by atoms with Crippen LogP contribution < -0.4 is 10.6 Å². The molecule has 1 saturated carbocycles. The van der Waals surface area contributed by atoms with Crippen LogP contribution in [0.4, 0.5) is 4.79 Å². The van der Waals surface area contributed by atoms with E-state index in [9.17, 15) is 9.59 Å². The monoisotopic (exact) mass is 350 g/mol. The number of ether oxygens (including phenoxy) is 1. The summed E-state index contributed by atoms with van der Waals surface area (Å²) in [6.45, 7) is 0.950. The molecule has 0 aromatic heterocycles. The van der Waals surface area contributed by atoms with Gasteiger partial charge in [0.25, 0.3) is 0 Å². The molecule has 0 radical (unpaired) electrons. The highest BCUT2D eigenvalue weighted by molar-refractivity contribution is 6.30. The summed E-state index contributed by atoms with van der Waals surface area (Å²) in [4.78, 5) is 23.8. The number of benzene rings is 1. The summed E-state index contributed by atoms with van der Waals surface area (Å²) < 4.78 is 5.58. The Hall–Kier alpha value is -1.75. The standard InChI is InChI=1S/C18H23ClN2O3/c19-15-7-3-6-14(10-15)18(9-8-16(22)24-18)12-21-17(23)20-11-13-4-1-2-5-13/h3,6-7,10,13H,1-2,4-5,8-9,11-12H2,(H2,20,21,23). The van der Waals surface area contributed by atoms with Gasteiger partial charge < -0.3 is 15.4 Å². The zero-order chi connectivity index (χ0) is 17.0. The van der Waals surface area contributed by atoms with E-state index in [-0.39, 0.29) is 18.5 Å². The molecule has 0 bridgehead atoms. The van der Waals surface area contributed by atoms with Crippen molar-refractivity contribution in [3.05, 3.63) is 34.9 Å². The van der Waals surface area contributed by atoms with E-state index in [1.54, 1.807) is 12.1 Å². The Morgan fingerprint density at radius 2 is 2.08 bits per heavy atom. The molecule has 1 heterocycles. The van der Waals surface area contributed by atoms with Gasteiger partial charge in [-0.25, -0.2) is 4.79 Å². The molecule has 1 aromatic rings. The van der Waals surface area contributed by atoms with Gasteiger partial charge in [0.1, 0.15) is 0 Å². The zero-order valence-electron chi connectivity index (χ0n) is 13.6. The maximum Gasteiger partial charge on any atom is 0.314 e. The molecule has 1 aliphatic heterocycles. The lowest BCUT2D eigenvalue weighted by molar-refractivity contribution is -0.148. The van der Waals surface area contributed by atoms with Gasteiger partial charge in [0.2, 0.25) is 0 Å². The maximum atomic E-state index is 12.1. The second kappa shape index (κ2) is 7.43. The van der Waals surface area contributed by atoms with Crippen LogP contribution in [0.5, 0.6) is 0 Å². The van der Waals surface area contributed by atoms with Crippen molar-refractivity contribution in [3.63, 3.8) is 0 Å². The molecule has 2 amide bonds. The van der Waals surface area contributed by atoms with Crippen molar-refractivity contribution < 1.29 is 14.3 Å². The minimum Gasteiger partial charge on any atom is -0.452 e. The Bertz CT molecular complexity index is 616. The minimum atomic E-state index is -0.827. The number of carbonyl (C=O) groups excluding carboxylic acids is 2. The van der Waals surface area contributed by atoms with Crippen LogP contribution in [0.1, 0.15) is 44.1 Å². The van der Waals surface area contributed by atoms with Crippen LogP contribution in [0, 0.1) is 5.92 Å². The number of hydrogen-bond acceptors (Lipinski definition) is 3. The third-order valence-electron chi connectivity index (χ3n) is 4.95. The third-order valence-corrected chi connectivity index (χ3v) is 5.19. The number of cyclic esters (lactones) is 1. The number of esters is 1. The smallest absolute Gasteiger partial charge is 0.314 e. The van der Waals surface area contributed by atoms with E-state index in [2.05, 4.69) is 10.6 Å². The van der Waals surface area contributed by atoms with Crippen LogP contribution in [0.15, 0.2) is 24.3 Å². The predicted molar refractivity (Wildman–Crippen MR) is 91.8 cm³/mol. The first-order valence-corrected chi connectivity index (χ1v) is 8.95. The lowest BCUT2D eigenvalue weighted by atomic mass is 9.90. The summed E-state index contributed by atoms with van der Waals surface area (Å²) in [5, 5.41) is 6.36. The average molecular weight is 351 g/mol. The number of amides is 2. The van der Waals surface area contributed by atoms with Gasteiger partial charge in [-0.3, -0.25) is 4.79 Å². The molecule has 1 saturated heterocycles. The van der Waals surface area contributed by atoms with Gasteiger partial charge in [0, 0.05) is 24.4 Å². The number of rotatable bonds is 5. The quantitative estimate of drug-likeness (QED) is 0.800. The molecule has 6 heteroatoms. The number of carbonyl (C=O) groups is 2. The summed E-state index contributed by atoms with van der Waals surface area (Å²) in [6, 6.07) is 7.05. The summed E-state index contributed by atoms with van der Waals surface area (Å²) in [5.41, 5.74) is -0.0101. The molecule has 2 aliphatic rings. The Morgan fingerprint density at radius 1 is 1.29 bits per heavy atom. The summed E-state index contributed by atoms with van der Waals surface area (Å²) in [5.74, 6) is 0.338. The van der Waals surface area contributed by atoms with Crippen molar-refractivity contribution in [2.45, 2.75) is 44.1 Å². The fourth-order valence-corrected chi connectivity index (χ4v) is 3.75. The van der Waals surface area contributed by atoms with Crippen LogP contribution in [0.3, 0.4) is 0 Å². The second-order valence-electron chi connectivity index (χ2n) is 6.69. The number of nitrogens with one attached hydrogen (secondary N) is 2. The van der Waals surface area contributed by atoms with Crippen molar-refractivity contribution in [2.75, 3.05) is 13.1 Å². The van der Waals surface area contributed by atoms with Gasteiger partial charge in [-0.15, -0.1) is 0 Å². The van der Waals surface area contributed by atoms with Crippen LogP contribution in [-0.4, -0.2) is 25.1 Å². The van der Waals surface area contributed by atoms with Crippen molar-refractivity contribution in [3.8, 4) is 0 Å². The first-order chi connectivity index (χ1) is 11.6. The zero-order valence-corrected chi connectivity index (χ0v) is 14.4. The lowest BCUT2D eigenvalue weighted by Gasteiger charge is -2.28. The Morgan fingerprint density at radius 3 is 2.75 bits per heavy atom. The molecule has 2 fully saturated rings. The number of halogens is 1. The Balaban J connectivity index is 1.60. The van der Waals surface area contributed by atoms with E-state index in [0.717, 1.165) is 5.56 Å². The van der Waals surface area contributed by atoms with Crippen molar-refractivity contribution in [1.82, 2.24) is 10.6 Å². The molecule has 1 atom stereocenters. The van der Waals surface area contributed by atoms with Gasteiger partial charge in [-0.05, 0) is 36.5 Å². The molecule has 2 N–H and O–H groups in total. The maximum absolute atomic E-state index is 12.1. The van der Waals surface area contributed by atoms with Crippen LogP contribution in [0.2, 0.25) is 5.02 Å². The van der Waals surface area contributed by atoms with Crippen molar-refractivity contribution >= 4 is 23.6 Å². The highest BCUT2D eigenvalue weighted by Gasteiger charge is 2.42. The van der Waals surface area contributed by atoms with Crippen molar-refractivity contribution in [2.24, 2.45) is 5.92 Å². The van der Waals surface area contributed by atoms with Crippen LogP contribution in [-0.2, 0) is 15.1 Å². The van der Waals surface area contributed by atoms with E-state index in [1.165, 1.54) is 25.7 Å². The van der Waals surface area contributed by atoms with E-state index in [0.29, 0.717) is 30.3 Å². The SMILES string of the molecule is O=C(NCC1CCCC1)NCC1(c2cccc(Cl)c2)CCC(=O)O1. The van der Waals surface area contributed by atoms with E-state index >= 15 is 0 Å². The molecule has 1 aromatic carbocycles. The largest absolute Gasteiger partial charge is 0.452 e. The van der Waals surface area contributed by atoms with E-state index in [1.807, 2.05) is 12.1 Å². The fraction of sp³-hybridized carbons (Fsp3) is 0.556. The molecule has 3 rings (SSSR count). The first-order valence-electron chi connectivity index (χ1n) is 8.57. The highest BCUT2D eigenvalue weighted by Crippen LogP contribution is 2.37. The Labute approximate surface area is 147 Å². The second-order valence-corrected chi connectivity index (χ2v) is 7.13. The van der Waals surface area contributed by atoms with Crippen molar-refractivity contribution in [1.29, 1.82) is 0 Å². The van der Waals surface area contributed by atoms with Gasteiger partial charge in [-0.1, -0.05) is 36.6 Å². The van der Waals surface area contributed by atoms with Gasteiger partial charge in [0.15, 0.2) is 5.60 Å². The topological polar surface area (TPSA) is 67.4 Å². The molecule has 130 valence electrons. The molecule has 24 heavy (non-hydrogen) atoms. The average Bonchev–Trinajstić information content (AvgIpc) is 3.21. The van der Waals surface area contributed by atoms with Crippen LogP contribution in [0.25, 0.3) is 0 Å². The number of hydrogen-bond donors (Lipinski definition) is 2. The molecule has 1 unspecified atom stereocenters. The fourth-order valence-electron chi connectivity index (χ4n) is 3.56. The summed E-state index contributed by atoms with van der Waals surface area (Å²) >= 11 is 6.07. The summed E-state index contributed by atoms with van der Waals surface area (Å²) in [7, 11) is 0. The molecule has 5 nitrogen and oxygen atoms in total. The predicted octanol–water partition coefficient (Wildman–Crippen LogP) is 3.36. The highest BCUT2D eigenvalue weighted by atomic mass is 35.5. The molecular formula is C18H23ClN2O3. The Kier molecular flexibility index (Phi) is 5.29. The van der Waals surface area contributed by atoms with E-state index in [4.69, 9.17) is 16.3 Å². The first kappa shape index (κ1) is 17.1. The van der Waals surface area contributed by atoms with Gasteiger partial charge >= 0.3 is 12.0 Å². The number of urea groups is 1. The van der Waals surface area contributed by atoms with E-state index < -0.39 is 5.60 Å². The summed E-state index contributed by atoms with van der Waals surface area (Å²) in [6.07, 6.45) is 5.76. The van der Waals surface area contributed by atoms with Gasteiger partial charge in [0.05, 0.1) is 6.54 Å². The minimum absolute atomic E-state index is 0.216. The molecule has 1 aliphatic carbocycles. The third kappa shape index (κ3) is 4.01. The molecular weight excluding hydrogens is 328 g/mol. The van der Waals surface area contributed by atoms with Gasteiger partial charge in [-0.2, -0.15) is 0 Å². The van der Waals surface area contributed by atoms with Crippen LogP contribution >= 0.6 is 11.6 Å². The normalized spacial score (nSPS) is 24.0.